The van der Waals surface area contributed by atoms with E-state index < -0.39 is 17.3 Å². The maximum Gasteiger partial charge on any atom is 0.182 e. The van der Waals surface area contributed by atoms with Gasteiger partial charge in [-0.2, -0.15) is 5.26 Å². The minimum atomic E-state index is -1.12. The Morgan fingerprint density at radius 1 is 0.962 bits per heavy atom. The molecule has 4 nitrogen and oxygen atoms in total. The smallest absolute Gasteiger partial charge is 0.182 e. The number of hydrogen-bond acceptors (Lipinski definition) is 4. The van der Waals surface area contributed by atoms with Crippen LogP contribution in [0, 0.1) is 11.3 Å². The zero-order valence-corrected chi connectivity index (χ0v) is 16.2. The van der Waals surface area contributed by atoms with Gasteiger partial charge in [0.25, 0.3) is 0 Å². The van der Waals surface area contributed by atoms with E-state index in [9.17, 15) is 5.26 Å². The lowest BCUT2D eigenvalue weighted by Crippen LogP contribution is -2.42. The van der Waals surface area contributed by atoms with Gasteiger partial charge in [-0.25, -0.2) is 0 Å². The molecule has 0 aliphatic carbocycles. The largest absolute Gasteiger partial charge is 0.497 e. The van der Waals surface area contributed by atoms with Gasteiger partial charge in [-0.15, -0.1) is 0 Å². The van der Waals surface area contributed by atoms with E-state index in [1.807, 2.05) is 75.4 Å². The van der Waals surface area contributed by atoms with Crippen molar-refractivity contribution < 1.29 is 14.2 Å². The number of benzene rings is 2. The number of nitrogens with zero attached hydrogens (tertiary/aromatic N) is 1. The molecule has 138 valence electrons. The number of hydrogen-bond donors (Lipinski definition) is 0. The van der Waals surface area contributed by atoms with Crippen LogP contribution in [-0.4, -0.2) is 18.3 Å². The summed E-state index contributed by atoms with van der Waals surface area (Å²) < 4.78 is 17.5. The highest BCUT2D eigenvalue weighted by atomic mass is 16.6. The Balaban J connectivity index is 2.27. The predicted octanol–water partition coefficient (Wildman–Crippen LogP) is 5.05. The summed E-state index contributed by atoms with van der Waals surface area (Å²) in [5, 5.41) is 9.87. The average Bonchev–Trinajstić information content (AvgIpc) is 2.62. The fourth-order valence-corrected chi connectivity index (χ4v) is 2.87. The first kappa shape index (κ1) is 20.0. The molecule has 2 aromatic rings. The molecular formula is C22H27NO3. The minimum Gasteiger partial charge on any atom is -0.497 e. The molecule has 26 heavy (non-hydrogen) atoms. The monoisotopic (exact) mass is 353 g/mol. The van der Waals surface area contributed by atoms with E-state index in [2.05, 4.69) is 6.07 Å². The third kappa shape index (κ3) is 5.32. The van der Waals surface area contributed by atoms with Gasteiger partial charge in [0.2, 0.25) is 0 Å². The molecule has 0 saturated carbocycles. The van der Waals surface area contributed by atoms with Crippen LogP contribution in [0.4, 0.5) is 0 Å². The van der Waals surface area contributed by atoms with Crippen molar-refractivity contribution in [2.24, 2.45) is 0 Å². The molecule has 2 aromatic carbocycles. The van der Waals surface area contributed by atoms with E-state index in [0.717, 1.165) is 16.9 Å². The van der Waals surface area contributed by atoms with Gasteiger partial charge in [0, 0.05) is 0 Å². The van der Waals surface area contributed by atoms with Crippen molar-refractivity contribution in [2.75, 3.05) is 7.11 Å². The van der Waals surface area contributed by atoms with Crippen LogP contribution in [-0.2, 0) is 16.1 Å². The number of ether oxygens (including phenoxy) is 3. The first-order valence-corrected chi connectivity index (χ1v) is 8.68. The van der Waals surface area contributed by atoms with Gasteiger partial charge in [0.15, 0.2) is 5.60 Å². The number of nitriles is 1. The molecule has 0 radical (unpaired) electrons. The second-order valence-corrected chi connectivity index (χ2v) is 7.38. The third-order valence-corrected chi connectivity index (χ3v) is 3.92. The van der Waals surface area contributed by atoms with Crippen LogP contribution in [0.2, 0.25) is 0 Å². The lowest BCUT2D eigenvalue weighted by atomic mass is 9.92. The standard InChI is InChI=1S/C22H27NO3/c1-21(2,3)26-22(4,16-23)20(18-9-7-6-8-10-18)25-15-17-11-13-19(24-5)14-12-17/h6-14,20H,15H2,1-5H3/t20-,22+/m0/s1. The van der Waals surface area contributed by atoms with Gasteiger partial charge < -0.3 is 14.2 Å². The lowest BCUT2D eigenvalue weighted by Gasteiger charge is -2.37. The zero-order chi connectivity index (χ0) is 19.2. The molecule has 0 bridgehead atoms. The van der Waals surface area contributed by atoms with E-state index in [-0.39, 0.29) is 0 Å². The average molecular weight is 353 g/mol. The summed E-state index contributed by atoms with van der Waals surface area (Å²) in [6.45, 7) is 7.97. The molecule has 0 aliphatic rings. The molecule has 0 fully saturated rings. The minimum absolute atomic E-state index is 0.369. The number of rotatable bonds is 7. The summed E-state index contributed by atoms with van der Waals surface area (Å²) in [6, 6.07) is 19.8. The normalized spacial score (nSPS) is 14.9. The summed E-state index contributed by atoms with van der Waals surface area (Å²) >= 11 is 0. The highest BCUT2D eigenvalue weighted by molar-refractivity contribution is 5.28. The van der Waals surface area contributed by atoms with Crippen molar-refractivity contribution in [1.82, 2.24) is 0 Å². The van der Waals surface area contributed by atoms with Crippen LogP contribution < -0.4 is 4.74 Å². The van der Waals surface area contributed by atoms with Crippen LogP contribution in [0.15, 0.2) is 54.6 Å². The zero-order valence-electron chi connectivity index (χ0n) is 16.2. The molecule has 0 heterocycles. The van der Waals surface area contributed by atoms with Crippen molar-refractivity contribution in [3.63, 3.8) is 0 Å². The molecular weight excluding hydrogens is 326 g/mol. The maximum absolute atomic E-state index is 9.87. The fraction of sp³-hybridized carbons (Fsp3) is 0.409. The summed E-state index contributed by atoms with van der Waals surface area (Å²) in [4.78, 5) is 0. The summed E-state index contributed by atoms with van der Waals surface area (Å²) in [7, 11) is 1.64. The second-order valence-electron chi connectivity index (χ2n) is 7.38. The van der Waals surface area contributed by atoms with Gasteiger partial charge in [0.05, 0.1) is 19.3 Å². The molecule has 2 atom stereocenters. The van der Waals surface area contributed by atoms with Gasteiger partial charge >= 0.3 is 0 Å². The molecule has 0 spiro atoms. The van der Waals surface area contributed by atoms with Crippen LogP contribution in [0.1, 0.15) is 44.9 Å². The van der Waals surface area contributed by atoms with E-state index in [1.54, 1.807) is 14.0 Å². The Labute approximate surface area is 156 Å². The molecule has 0 amide bonds. The van der Waals surface area contributed by atoms with E-state index in [4.69, 9.17) is 14.2 Å². The fourth-order valence-electron chi connectivity index (χ4n) is 2.87. The van der Waals surface area contributed by atoms with E-state index in [0.29, 0.717) is 6.61 Å². The lowest BCUT2D eigenvalue weighted by molar-refractivity contribution is -0.165. The Kier molecular flexibility index (Phi) is 6.42. The molecule has 0 aromatic heterocycles. The second kappa shape index (κ2) is 8.35. The van der Waals surface area contributed by atoms with Gasteiger partial charge in [0.1, 0.15) is 17.9 Å². The Morgan fingerprint density at radius 2 is 1.58 bits per heavy atom. The van der Waals surface area contributed by atoms with Gasteiger partial charge in [-0.1, -0.05) is 42.5 Å². The molecule has 0 aliphatic heterocycles. The van der Waals surface area contributed by atoms with Gasteiger partial charge in [-0.3, -0.25) is 0 Å². The summed E-state index contributed by atoms with van der Waals surface area (Å²) in [5.41, 5.74) is 0.324. The Morgan fingerprint density at radius 3 is 2.08 bits per heavy atom. The Hall–Kier alpha value is -2.35. The van der Waals surface area contributed by atoms with E-state index >= 15 is 0 Å². The first-order chi connectivity index (χ1) is 12.3. The molecule has 2 rings (SSSR count). The van der Waals surface area contributed by atoms with Crippen LogP contribution >= 0.6 is 0 Å². The van der Waals surface area contributed by atoms with Crippen molar-refractivity contribution >= 4 is 0 Å². The van der Waals surface area contributed by atoms with Crippen molar-refractivity contribution in [2.45, 2.75) is 51.6 Å². The molecule has 0 N–H and O–H groups in total. The Bertz CT molecular complexity index is 729. The summed E-state index contributed by atoms with van der Waals surface area (Å²) in [6.07, 6.45) is -0.518. The topological polar surface area (TPSA) is 51.5 Å². The van der Waals surface area contributed by atoms with Crippen molar-refractivity contribution in [3.8, 4) is 11.8 Å². The SMILES string of the molecule is COc1ccc(CO[C@@H](c2ccccc2)[C@@](C)(C#N)OC(C)(C)C)cc1. The van der Waals surface area contributed by atoms with Crippen molar-refractivity contribution in [1.29, 1.82) is 5.26 Å². The highest BCUT2D eigenvalue weighted by Gasteiger charge is 2.41. The first-order valence-electron chi connectivity index (χ1n) is 8.68. The maximum atomic E-state index is 9.87. The van der Waals surface area contributed by atoms with Gasteiger partial charge in [-0.05, 0) is 51.0 Å². The van der Waals surface area contributed by atoms with Crippen LogP contribution in [0.25, 0.3) is 0 Å². The molecule has 0 unspecified atom stereocenters. The molecule has 0 saturated heterocycles. The quantitative estimate of drug-likeness (QED) is 0.699. The third-order valence-electron chi connectivity index (χ3n) is 3.92. The van der Waals surface area contributed by atoms with Crippen LogP contribution in [0.5, 0.6) is 5.75 Å². The number of methoxy groups -OCH3 is 1. The summed E-state index contributed by atoms with van der Waals surface area (Å²) in [5.74, 6) is 0.797. The van der Waals surface area contributed by atoms with Crippen LogP contribution in [0.3, 0.4) is 0 Å². The van der Waals surface area contributed by atoms with E-state index in [1.165, 1.54) is 0 Å². The molecule has 4 heteroatoms. The van der Waals surface area contributed by atoms with Crippen molar-refractivity contribution in [3.05, 3.63) is 65.7 Å². The predicted molar refractivity (Wildman–Crippen MR) is 102 cm³/mol. The highest BCUT2D eigenvalue weighted by Crippen LogP contribution is 2.36.